The van der Waals surface area contributed by atoms with Gasteiger partial charge in [0.2, 0.25) is 0 Å². The molecule has 0 heterocycles. The van der Waals surface area contributed by atoms with E-state index in [0.717, 1.165) is 0 Å². The smallest absolute Gasteiger partial charge is 0.0645 e. The lowest BCUT2D eigenvalue weighted by Gasteiger charge is -1.64. The summed E-state index contributed by atoms with van der Waals surface area (Å²) in [6.45, 7) is 1.43. The van der Waals surface area contributed by atoms with E-state index in [9.17, 15) is 0 Å². The van der Waals surface area contributed by atoms with Crippen LogP contribution in [0.2, 0.25) is 0 Å². The lowest BCUT2D eigenvalue weighted by Crippen LogP contribution is -1.56. The van der Waals surface area contributed by atoms with Gasteiger partial charge in [-0.2, -0.15) is 0 Å². The molecule has 0 unspecified atom stereocenters. The molecule has 0 aromatic rings. The van der Waals surface area contributed by atoms with Gasteiger partial charge in [0.05, 0.1) is 5.33 Å². The van der Waals surface area contributed by atoms with Gasteiger partial charge in [0.25, 0.3) is 0 Å². The molecule has 6 heavy (non-hydrogen) atoms. The Morgan fingerprint density at radius 2 is 2.50 bits per heavy atom. The molecule has 0 bridgehead atoms. The van der Waals surface area contributed by atoms with E-state index in [-0.39, 0.29) is 0 Å². The van der Waals surface area contributed by atoms with Crippen molar-refractivity contribution in [2.75, 3.05) is 5.33 Å². The minimum atomic E-state index is -1.34. The Hall–Kier alpha value is 0.0400. The highest BCUT2D eigenvalue weighted by Gasteiger charge is 1.57. The third-order valence-electron chi connectivity index (χ3n) is 0.280. The maximum atomic E-state index is 6.91. The van der Waals surface area contributed by atoms with Crippen molar-refractivity contribution >= 4 is 15.9 Å². The molecule has 0 atom stereocenters. The number of halogens is 1. The summed E-state index contributed by atoms with van der Waals surface area (Å²) in [4.78, 5) is 0. The second kappa shape index (κ2) is 5.04. The van der Waals surface area contributed by atoms with Crippen LogP contribution in [0.1, 0.15) is 16.0 Å². The molecule has 0 amide bonds. The van der Waals surface area contributed by atoms with Gasteiger partial charge < -0.3 is 0 Å². The average molecular weight is 149 g/mol. The summed E-state index contributed by atoms with van der Waals surface area (Å²) in [6, 6.07) is 0. The number of alkyl halides is 1. The van der Waals surface area contributed by atoms with E-state index in [4.69, 9.17) is 2.74 Å². The summed E-state index contributed by atoms with van der Waals surface area (Å²) in [5.41, 5.74) is 0. The topological polar surface area (TPSA) is 0 Å². The fourth-order valence-electron chi connectivity index (χ4n) is 0.122. The molecule has 34 valence electrons. The Kier molecular flexibility index (Phi) is 2.60. The first-order valence-corrected chi connectivity index (χ1v) is 2.74. The van der Waals surface area contributed by atoms with E-state index >= 15 is 0 Å². The molecule has 0 spiro atoms. The lowest BCUT2D eigenvalue weighted by molar-refractivity contribution is 1.28. The van der Waals surface area contributed by atoms with E-state index in [0.29, 0.717) is 5.33 Å². The van der Waals surface area contributed by atoms with Gasteiger partial charge in [0, 0.05) is 9.11 Å². The monoisotopic (exact) mass is 148 g/mol. The first-order chi connectivity index (χ1) is 3.56. The van der Waals surface area contributed by atoms with Crippen molar-refractivity contribution in [2.45, 2.75) is 13.3 Å². The molecule has 0 N–H and O–H groups in total. The molecule has 0 fully saturated rings. The van der Waals surface area contributed by atoms with Gasteiger partial charge in [0.15, 0.2) is 0 Å². The Balaban J connectivity index is 3.69. The molecule has 0 aromatic heterocycles. The molecular weight excluding hydrogens is 140 g/mol. The highest BCUT2D eigenvalue weighted by Crippen LogP contribution is 1.73. The predicted molar refractivity (Wildman–Crippen MR) is 31.9 cm³/mol. The Morgan fingerprint density at radius 3 is 2.67 bits per heavy atom. The zero-order valence-corrected chi connectivity index (χ0v) is 5.17. The van der Waals surface area contributed by atoms with Crippen LogP contribution in [-0.4, -0.2) is 5.33 Å². The van der Waals surface area contributed by atoms with Gasteiger partial charge in [-0.15, -0.1) is 5.92 Å². The SMILES string of the molecule is [2H]C([2H])(C)C#CCBr. The number of hydrogen-bond donors (Lipinski definition) is 0. The van der Waals surface area contributed by atoms with Gasteiger partial charge in [-0.3, -0.25) is 0 Å². The van der Waals surface area contributed by atoms with Crippen molar-refractivity contribution < 1.29 is 2.74 Å². The van der Waals surface area contributed by atoms with Crippen molar-refractivity contribution in [3.8, 4) is 11.8 Å². The highest BCUT2D eigenvalue weighted by molar-refractivity contribution is 9.09. The Bertz CT molecular complexity index is 115. The van der Waals surface area contributed by atoms with Crippen molar-refractivity contribution in [3.63, 3.8) is 0 Å². The van der Waals surface area contributed by atoms with Crippen LogP contribution >= 0.6 is 15.9 Å². The quantitative estimate of drug-likeness (QED) is 0.364. The minimum Gasteiger partial charge on any atom is -0.103 e. The van der Waals surface area contributed by atoms with Crippen LogP contribution in [0.4, 0.5) is 0 Å². The van der Waals surface area contributed by atoms with Crippen LogP contribution in [0, 0.1) is 11.8 Å². The van der Waals surface area contributed by atoms with Gasteiger partial charge >= 0.3 is 0 Å². The van der Waals surface area contributed by atoms with Crippen LogP contribution in [0.5, 0.6) is 0 Å². The van der Waals surface area contributed by atoms with Crippen LogP contribution < -0.4 is 0 Å². The molecule has 0 radical (unpaired) electrons. The number of rotatable bonds is 0. The maximum absolute atomic E-state index is 6.91. The Labute approximate surface area is 49.9 Å². The molecule has 0 aromatic carbocycles. The molecule has 0 saturated heterocycles. The molecule has 1 heteroatoms. The van der Waals surface area contributed by atoms with E-state index in [1.54, 1.807) is 0 Å². The van der Waals surface area contributed by atoms with Crippen LogP contribution in [0.25, 0.3) is 0 Å². The fraction of sp³-hybridized carbons (Fsp3) is 0.600. The molecule has 0 saturated carbocycles. The summed E-state index contributed by atoms with van der Waals surface area (Å²) < 4.78 is 13.8. The molecule has 0 nitrogen and oxygen atoms in total. The van der Waals surface area contributed by atoms with E-state index in [1.807, 2.05) is 0 Å². The Morgan fingerprint density at radius 1 is 1.83 bits per heavy atom. The highest BCUT2D eigenvalue weighted by atomic mass is 79.9. The second-order valence-electron chi connectivity index (χ2n) is 0.685. The summed E-state index contributed by atoms with van der Waals surface area (Å²) in [7, 11) is 0. The minimum absolute atomic E-state index is 0.542. The van der Waals surface area contributed by atoms with Crippen LogP contribution in [-0.2, 0) is 0 Å². The predicted octanol–water partition coefficient (Wildman–Crippen LogP) is 1.79. The zero-order valence-electron chi connectivity index (χ0n) is 5.59. The van der Waals surface area contributed by atoms with Gasteiger partial charge in [-0.05, 0) is 0 Å². The van der Waals surface area contributed by atoms with Gasteiger partial charge in [-0.25, -0.2) is 0 Å². The van der Waals surface area contributed by atoms with Gasteiger partial charge in [-0.1, -0.05) is 28.8 Å². The zero-order chi connectivity index (χ0) is 6.62. The summed E-state index contributed by atoms with van der Waals surface area (Å²) in [5, 5.41) is 0.542. The van der Waals surface area contributed by atoms with E-state index < -0.39 is 6.37 Å². The largest absolute Gasteiger partial charge is 0.103 e. The summed E-state index contributed by atoms with van der Waals surface area (Å²) in [6.07, 6.45) is -1.34. The second-order valence-corrected chi connectivity index (χ2v) is 1.25. The molecular formula is C5H7Br. The first-order valence-electron chi connectivity index (χ1n) is 2.62. The first kappa shape index (κ1) is 3.10. The number of hydrogen-bond acceptors (Lipinski definition) is 0. The van der Waals surface area contributed by atoms with Crippen LogP contribution in [0.15, 0.2) is 0 Å². The van der Waals surface area contributed by atoms with Crippen LogP contribution in [0.3, 0.4) is 0 Å². The fourth-order valence-corrected chi connectivity index (χ4v) is 0.262. The van der Waals surface area contributed by atoms with Crippen molar-refractivity contribution in [2.24, 2.45) is 0 Å². The third-order valence-corrected chi connectivity index (χ3v) is 0.561. The van der Waals surface area contributed by atoms with Gasteiger partial charge in [0.1, 0.15) is 0 Å². The molecule has 0 aliphatic heterocycles. The standard InChI is InChI=1S/C5H7Br/c1-2-3-4-5-6/h2,5H2,1H3/i2D2. The summed E-state index contributed by atoms with van der Waals surface area (Å²) >= 11 is 3.06. The molecule has 0 aliphatic rings. The van der Waals surface area contributed by atoms with E-state index in [1.165, 1.54) is 6.92 Å². The van der Waals surface area contributed by atoms with Crippen molar-refractivity contribution in [3.05, 3.63) is 0 Å². The normalized spacial score (nSPS) is 13.7. The maximum Gasteiger partial charge on any atom is 0.0645 e. The van der Waals surface area contributed by atoms with E-state index in [2.05, 4.69) is 27.8 Å². The summed E-state index contributed by atoms with van der Waals surface area (Å²) in [5.74, 6) is 4.99. The molecule has 0 aliphatic carbocycles. The lowest BCUT2D eigenvalue weighted by atomic mass is 10.5. The van der Waals surface area contributed by atoms with Crippen molar-refractivity contribution in [1.82, 2.24) is 0 Å². The third kappa shape index (κ3) is 4.04. The van der Waals surface area contributed by atoms with Crippen molar-refractivity contribution in [1.29, 1.82) is 0 Å². The average Bonchev–Trinajstić information content (AvgIpc) is 1.59. The molecule has 0 rings (SSSR count).